The van der Waals surface area contributed by atoms with E-state index in [9.17, 15) is 4.79 Å². The van der Waals surface area contributed by atoms with Crippen LogP contribution in [-0.2, 0) is 11.2 Å². The van der Waals surface area contributed by atoms with Crippen LogP contribution in [0.15, 0.2) is 23.2 Å². The zero-order valence-electron chi connectivity index (χ0n) is 7.32. The second-order valence-electron chi connectivity index (χ2n) is 3.21. The van der Waals surface area contributed by atoms with Crippen molar-refractivity contribution in [2.45, 2.75) is 25.7 Å². The number of aromatic nitrogens is 1. The van der Waals surface area contributed by atoms with Gasteiger partial charge in [0, 0.05) is 30.8 Å². The van der Waals surface area contributed by atoms with E-state index in [1.54, 1.807) is 11.3 Å². The van der Waals surface area contributed by atoms with Crippen LogP contribution < -0.4 is 0 Å². The van der Waals surface area contributed by atoms with Crippen molar-refractivity contribution in [3.63, 3.8) is 0 Å². The number of Topliss-reactive ketones (excluding diaryl/α,β-unsaturated/α-hetero) is 1. The van der Waals surface area contributed by atoms with E-state index in [2.05, 4.69) is 11.1 Å². The van der Waals surface area contributed by atoms with E-state index in [-0.39, 0.29) is 0 Å². The number of hydrogen-bond donors (Lipinski definition) is 0. The van der Waals surface area contributed by atoms with Crippen LogP contribution in [0.5, 0.6) is 0 Å². The summed E-state index contributed by atoms with van der Waals surface area (Å²) in [6, 6.07) is 0. The topological polar surface area (TPSA) is 30.0 Å². The molecule has 0 fully saturated rings. The molecular formula is C10H11NOS. The standard InChI is InChI=1S/C10H11NOS/c12-9-3-1-8(2-4-9)7-10-11-5-6-13-10/h1,5-6H,2-4,7H2. The molecule has 0 aliphatic heterocycles. The van der Waals surface area contributed by atoms with Crippen LogP contribution in [0.3, 0.4) is 0 Å². The highest BCUT2D eigenvalue weighted by Gasteiger charge is 2.10. The van der Waals surface area contributed by atoms with E-state index in [1.165, 1.54) is 5.57 Å². The zero-order chi connectivity index (χ0) is 9.10. The van der Waals surface area contributed by atoms with Crippen LogP contribution in [0.4, 0.5) is 0 Å². The molecule has 0 amide bonds. The van der Waals surface area contributed by atoms with E-state index in [4.69, 9.17) is 0 Å². The Kier molecular flexibility index (Phi) is 2.54. The number of ketones is 1. The van der Waals surface area contributed by atoms with E-state index in [0.29, 0.717) is 12.2 Å². The Morgan fingerprint density at radius 2 is 2.38 bits per heavy atom. The van der Waals surface area contributed by atoms with Gasteiger partial charge in [-0.1, -0.05) is 11.6 Å². The molecule has 2 nitrogen and oxygen atoms in total. The lowest BCUT2D eigenvalue weighted by atomic mass is 9.96. The summed E-state index contributed by atoms with van der Waals surface area (Å²) in [5.74, 6) is 0.364. The maximum atomic E-state index is 11.0. The van der Waals surface area contributed by atoms with Crippen molar-refractivity contribution < 1.29 is 4.79 Å². The van der Waals surface area contributed by atoms with Crippen LogP contribution in [0.25, 0.3) is 0 Å². The third kappa shape index (κ3) is 2.25. The van der Waals surface area contributed by atoms with Gasteiger partial charge in [-0.15, -0.1) is 11.3 Å². The fourth-order valence-corrected chi connectivity index (χ4v) is 2.13. The minimum Gasteiger partial charge on any atom is -0.299 e. The summed E-state index contributed by atoms with van der Waals surface area (Å²) in [5.41, 5.74) is 1.37. The molecule has 0 saturated carbocycles. The lowest BCUT2D eigenvalue weighted by Crippen LogP contribution is -2.04. The smallest absolute Gasteiger partial charge is 0.136 e. The van der Waals surface area contributed by atoms with Crippen molar-refractivity contribution in [3.8, 4) is 0 Å². The lowest BCUT2D eigenvalue weighted by Gasteiger charge is -2.09. The van der Waals surface area contributed by atoms with Crippen molar-refractivity contribution in [2.24, 2.45) is 0 Å². The van der Waals surface area contributed by atoms with E-state index < -0.39 is 0 Å². The molecule has 0 spiro atoms. The minimum atomic E-state index is 0.364. The Morgan fingerprint density at radius 3 is 3.00 bits per heavy atom. The highest BCUT2D eigenvalue weighted by molar-refractivity contribution is 7.09. The fraction of sp³-hybridized carbons (Fsp3) is 0.400. The highest BCUT2D eigenvalue weighted by Crippen LogP contribution is 2.20. The Hall–Kier alpha value is -0.960. The van der Waals surface area contributed by atoms with Gasteiger partial charge < -0.3 is 0 Å². The summed E-state index contributed by atoms with van der Waals surface area (Å²) in [7, 11) is 0. The summed E-state index contributed by atoms with van der Waals surface area (Å²) < 4.78 is 0. The molecule has 0 saturated heterocycles. The zero-order valence-corrected chi connectivity index (χ0v) is 8.14. The van der Waals surface area contributed by atoms with E-state index in [1.807, 2.05) is 11.6 Å². The normalized spacial score (nSPS) is 17.2. The molecule has 0 atom stereocenters. The van der Waals surface area contributed by atoms with Gasteiger partial charge >= 0.3 is 0 Å². The van der Waals surface area contributed by atoms with Gasteiger partial charge in [0.15, 0.2) is 0 Å². The SMILES string of the molecule is O=C1CC=C(Cc2nccs2)CC1. The van der Waals surface area contributed by atoms with Crippen molar-refractivity contribution in [1.29, 1.82) is 0 Å². The van der Waals surface area contributed by atoms with Crippen LogP contribution in [0.1, 0.15) is 24.3 Å². The molecule has 2 rings (SSSR count). The maximum absolute atomic E-state index is 11.0. The molecule has 0 aromatic carbocycles. The van der Waals surface area contributed by atoms with Crippen LogP contribution in [-0.4, -0.2) is 10.8 Å². The number of allylic oxidation sites excluding steroid dienone is 2. The molecule has 13 heavy (non-hydrogen) atoms. The van der Waals surface area contributed by atoms with Crippen molar-refractivity contribution in [3.05, 3.63) is 28.2 Å². The molecular weight excluding hydrogens is 182 g/mol. The number of carbonyl (C=O) groups excluding carboxylic acids is 1. The molecule has 1 aliphatic rings. The second kappa shape index (κ2) is 3.83. The highest BCUT2D eigenvalue weighted by atomic mass is 32.1. The molecule has 3 heteroatoms. The van der Waals surface area contributed by atoms with Crippen molar-refractivity contribution in [1.82, 2.24) is 4.98 Å². The van der Waals surface area contributed by atoms with Gasteiger partial charge in [-0.3, -0.25) is 4.79 Å². The summed E-state index contributed by atoms with van der Waals surface area (Å²) in [5, 5.41) is 3.14. The summed E-state index contributed by atoms with van der Waals surface area (Å²) in [6.45, 7) is 0. The molecule has 0 N–H and O–H groups in total. The summed E-state index contributed by atoms with van der Waals surface area (Å²) >= 11 is 1.68. The molecule has 1 heterocycles. The first-order valence-electron chi connectivity index (χ1n) is 4.42. The lowest BCUT2D eigenvalue weighted by molar-refractivity contribution is -0.118. The van der Waals surface area contributed by atoms with Crippen LogP contribution >= 0.6 is 11.3 Å². The summed E-state index contributed by atoms with van der Waals surface area (Å²) in [6.07, 6.45) is 7.10. The molecule has 1 aliphatic carbocycles. The Morgan fingerprint density at radius 1 is 1.46 bits per heavy atom. The molecule has 68 valence electrons. The van der Waals surface area contributed by atoms with Crippen molar-refractivity contribution >= 4 is 17.1 Å². The third-order valence-electron chi connectivity index (χ3n) is 2.21. The Labute approximate surface area is 81.3 Å². The Bertz CT molecular complexity index is 327. The molecule has 0 unspecified atom stereocenters. The molecule has 1 aromatic rings. The third-order valence-corrected chi connectivity index (χ3v) is 2.98. The van der Waals surface area contributed by atoms with Gasteiger partial charge in [-0.2, -0.15) is 0 Å². The van der Waals surface area contributed by atoms with E-state index in [0.717, 1.165) is 24.3 Å². The van der Waals surface area contributed by atoms with Gasteiger partial charge in [-0.05, 0) is 6.42 Å². The predicted molar refractivity (Wildman–Crippen MR) is 52.8 cm³/mol. The average Bonchev–Trinajstić information content (AvgIpc) is 2.62. The fourth-order valence-electron chi connectivity index (χ4n) is 1.46. The largest absolute Gasteiger partial charge is 0.299 e. The quantitative estimate of drug-likeness (QED) is 0.675. The van der Waals surface area contributed by atoms with Gasteiger partial charge in [0.2, 0.25) is 0 Å². The minimum absolute atomic E-state index is 0.364. The average molecular weight is 193 g/mol. The first-order valence-corrected chi connectivity index (χ1v) is 5.30. The van der Waals surface area contributed by atoms with Gasteiger partial charge in [0.25, 0.3) is 0 Å². The van der Waals surface area contributed by atoms with Crippen LogP contribution in [0, 0.1) is 0 Å². The number of rotatable bonds is 2. The van der Waals surface area contributed by atoms with Gasteiger partial charge in [0.05, 0.1) is 5.01 Å². The molecule has 0 bridgehead atoms. The Balaban J connectivity index is 2.00. The number of hydrogen-bond acceptors (Lipinski definition) is 3. The van der Waals surface area contributed by atoms with E-state index >= 15 is 0 Å². The molecule has 1 aromatic heterocycles. The van der Waals surface area contributed by atoms with Crippen molar-refractivity contribution in [2.75, 3.05) is 0 Å². The maximum Gasteiger partial charge on any atom is 0.136 e. The monoisotopic (exact) mass is 193 g/mol. The molecule has 0 radical (unpaired) electrons. The predicted octanol–water partition coefficient (Wildman–Crippen LogP) is 2.37. The first-order chi connectivity index (χ1) is 6.34. The number of nitrogens with zero attached hydrogens (tertiary/aromatic N) is 1. The second-order valence-corrected chi connectivity index (χ2v) is 4.19. The van der Waals surface area contributed by atoms with Crippen LogP contribution in [0.2, 0.25) is 0 Å². The van der Waals surface area contributed by atoms with Gasteiger partial charge in [-0.25, -0.2) is 4.98 Å². The first kappa shape index (κ1) is 8.63. The van der Waals surface area contributed by atoms with Gasteiger partial charge in [0.1, 0.15) is 5.78 Å². The number of carbonyl (C=O) groups is 1. The number of thiazole rings is 1. The summed E-state index contributed by atoms with van der Waals surface area (Å²) in [4.78, 5) is 15.2.